The second-order valence-electron chi connectivity index (χ2n) is 3.09. The van der Waals surface area contributed by atoms with E-state index < -0.39 is 15.7 Å². The topological polar surface area (TPSA) is 57.9 Å². The molecule has 0 aromatic heterocycles. The standard InChI is InChI=1S/C10H10FNO2S/c1-2-15(13,14)7-9-5-10(11)4-3-8(9)6-12/h3-5H,2,7H2,1H3. The molecule has 0 radical (unpaired) electrons. The van der Waals surface area contributed by atoms with Crippen LogP contribution in [0.2, 0.25) is 0 Å². The SMILES string of the molecule is CCS(=O)(=O)Cc1cc(F)ccc1C#N. The fourth-order valence-electron chi connectivity index (χ4n) is 1.13. The van der Waals surface area contributed by atoms with Gasteiger partial charge in [-0.05, 0) is 23.8 Å². The minimum absolute atomic E-state index is 0.0195. The highest BCUT2D eigenvalue weighted by atomic mass is 32.2. The molecule has 0 amide bonds. The summed E-state index contributed by atoms with van der Waals surface area (Å²) in [6.45, 7) is 1.51. The van der Waals surface area contributed by atoms with Crippen molar-refractivity contribution < 1.29 is 12.8 Å². The van der Waals surface area contributed by atoms with E-state index in [-0.39, 0.29) is 22.6 Å². The molecule has 0 fully saturated rings. The first-order valence-corrected chi connectivity index (χ1v) is 6.19. The third-order valence-corrected chi connectivity index (χ3v) is 3.63. The van der Waals surface area contributed by atoms with Gasteiger partial charge in [-0.25, -0.2) is 12.8 Å². The van der Waals surface area contributed by atoms with Crippen molar-refractivity contribution in [1.29, 1.82) is 5.26 Å². The Labute approximate surface area is 88.1 Å². The highest BCUT2D eigenvalue weighted by Gasteiger charge is 2.13. The lowest BCUT2D eigenvalue weighted by Gasteiger charge is -2.03. The number of hydrogen-bond donors (Lipinski definition) is 0. The molecular weight excluding hydrogens is 217 g/mol. The summed E-state index contributed by atoms with van der Waals surface area (Å²) in [7, 11) is -3.24. The van der Waals surface area contributed by atoms with Gasteiger partial charge in [0.05, 0.1) is 17.4 Å². The number of benzene rings is 1. The quantitative estimate of drug-likeness (QED) is 0.788. The summed E-state index contributed by atoms with van der Waals surface area (Å²) in [5.74, 6) is -0.839. The van der Waals surface area contributed by atoms with E-state index in [1.54, 1.807) is 0 Å². The van der Waals surface area contributed by atoms with Crippen LogP contribution in [0.25, 0.3) is 0 Å². The molecule has 0 aliphatic rings. The molecule has 0 saturated heterocycles. The van der Waals surface area contributed by atoms with Crippen molar-refractivity contribution in [2.24, 2.45) is 0 Å². The van der Waals surface area contributed by atoms with Crippen molar-refractivity contribution in [2.75, 3.05) is 5.75 Å². The van der Waals surface area contributed by atoms with Crippen molar-refractivity contribution >= 4 is 9.84 Å². The number of sulfone groups is 1. The molecule has 0 saturated carbocycles. The molecule has 0 bridgehead atoms. The summed E-state index contributed by atoms with van der Waals surface area (Å²) in [6, 6.07) is 5.35. The van der Waals surface area contributed by atoms with Crippen LogP contribution in [-0.4, -0.2) is 14.2 Å². The van der Waals surface area contributed by atoms with Crippen LogP contribution in [0.4, 0.5) is 4.39 Å². The summed E-state index contributed by atoms with van der Waals surface area (Å²) in [5.41, 5.74) is 0.424. The van der Waals surface area contributed by atoms with Crippen molar-refractivity contribution in [3.63, 3.8) is 0 Å². The van der Waals surface area contributed by atoms with Gasteiger partial charge in [-0.1, -0.05) is 6.92 Å². The predicted molar refractivity (Wildman–Crippen MR) is 54.3 cm³/mol. The first-order chi connectivity index (χ1) is 6.98. The summed E-state index contributed by atoms with van der Waals surface area (Å²) in [4.78, 5) is 0. The van der Waals surface area contributed by atoms with Gasteiger partial charge in [-0.15, -0.1) is 0 Å². The van der Waals surface area contributed by atoms with Crippen LogP contribution < -0.4 is 0 Å². The van der Waals surface area contributed by atoms with E-state index in [1.165, 1.54) is 13.0 Å². The molecule has 0 spiro atoms. The van der Waals surface area contributed by atoms with Gasteiger partial charge >= 0.3 is 0 Å². The van der Waals surface area contributed by atoms with Crippen LogP contribution in [0, 0.1) is 17.1 Å². The van der Waals surface area contributed by atoms with Crippen LogP contribution >= 0.6 is 0 Å². The Hall–Kier alpha value is -1.41. The zero-order chi connectivity index (χ0) is 11.5. The van der Waals surface area contributed by atoms with E-state index in [9.17, 15) is 12.8 Å². The van der Waals surface area contributed by atoms with Gasteiger partial charge in [0.25, 0.3) is 0 Å². The van der Waals surface area contributed by atoms with Crippen molar-refractivity contribution in [1.82, 2.24) is 0 Å². The second-order valence-corrected chi connectivity index (χ2v) is 5.44. The van der Waals surface area contributed by atoms with Gasteiger partial charge in [0.15, 0.2) is 9.84 Å². The molecule has 80 valence electrons. The Kier molecular flexibility index (Phi) is 3.43. The highest BCUT2D eigenvalue weighted by Crippen LogP contribution is 2.14. The predicted octanol–water partition coefficient (Wildman–Crippen LogP) is 1.63. The Balaban J connectivity index is 3.15. The van der Waals surface area contributed by atoms with Gasteiger partial charge < -0.3 is 0 Å². The van der Waals surface area contributed by atoms with Gasteiger partial charge in [0.2, 0.25) is 0 Å². The summed E-state index contributed by atoms with van der Waals surface area (Å²) < 4.78 is 35.5. The van der Waals surface area contributed by atoms with Gasteiger partial charge in [-0.3, -0.25) is 0 Å². The molecule has 0 aliphatic carbocycles. The summed E-state index contributed by atoms with van der Waals surface area (Å²) in [6.07, 6.45) is 0. The van der Waals surface area contributed by atoms with Gasteiger partial charge in [0, 0.05) is 5.75 Å². The molecule has 5 heteroatoms. The minimum atomic E-state index is -3.24. The maximum atomic E-state index is 12.9. The van der Waals surface area contributed by atoms with Gasteiger partial charge in [-0.2, -0.15) is 5.26 Å². The van der Waals surface area contributed by atoms with Crippen molar-refractivity contribution in [3.8, 4) is 6.07 Å². The molecule has 0 aliphatic heterocycles. The molecule has 1 rings (SSSR count). The summed E-state index contributed by atoms with van der Waals surface area (Å²) >= 11 is 0. The molecule has 0 unspecified atom stereocenters. The Morgan fingerprint density at radius 1 is 1.47 bits per heavy atom. The molecule has 15 heavy (non-hydrogen) atoms. The maximum absolute atomic E-state index is 12.9. The minimum Gasteiger partial charge on any atom is -0.229 e. The van der Waals surface area contributed by atoms with Crippen LogP contribution in [0.1, 0.15) is 18.1 Å². The fraction of sp³-hybridized carbons (Fsp3) is 0.300. The Morgan fingerprint density at radius 3 is 2.67 bits per heavy atom. The smallest absolute Gasteiger partial charge is 0.154 e. The number of nitriles is 1. The maximum Gasteiger partial charge on any atom is 0.154 e. The highest BCUT2D eigenvalue weighted by molar-refractivity contribution is 7.90. The lowest BCUT2D eigenvalue weighted by atomic mass is 10.1. The molecule has 1 aromatic rings. The van der Waals surface area contributed by atoms with E-state index in [0.29, 0.717) is 0 Å². The normalized spacial score (nSPS) is 11.0. The number of hydrogen-bond acceptors (Lipinski definition) is 3. The van der Waals surface area contributed by atoms with Crippen LogP contribution in [0.3, 0.4) is 0 Å². The largest absolute Gasteiger partial charge is 0.229 e. The zero-order valence-electron chi connectivity index (χ0n) is 8.20. The monoisotopic (exact) mass is 227 g/mol. The van der Waals surface area contributed by atoms with Crippen molar-refractivity contribution in [2.45, 2.75) is 12.7 Å². The van der Waals surface area contributed by atoms with Crippen LogP contribution in [-0.2, 0) is 15.6 Å². The molecule has 0 atom stereocenters. The average molecular weight is 227 g/mol. The van der Waals surface area contributed by atoms with Crippen LogP contribution in [0.5, 0.6) is 0 Å². The number of halogens is 1. The fourth-order valence-corrected chi connectivity index (χ4v) is 2.05. The van der Waals surface area contributed by atoms with E-state index >= 15 is 0 Å². The molecule has 0 heterocycles. The van der Waals surface area contributed by atoms with E-state index in [1.807, 2.05) is 6.07 Å². The lowest BCUT2D eigenvalue weighted by molar-refractivity contribution is 0.595. The Morgan fingerprint density at radius 2 is 2.13 bits per heavy atom. The second kappa shape index (κ2) is 4.41. The molecule has 1 aromatic carbocycles. The molecule has 3 nitrogen and oxygen atoms in total. The van der Waals surface area contributed by atoms with Gasteiger partial charge in [0.1, 0.15) is 5.82 Å². The lowest BCUT2D eigenvalue weighted by Crippen LogP contribution is -2.08. The zero-order valence-corrected chi connectivity index (χ0v) is 9.01. The Bertz CT molecular complexity index is 503. The first kappa shape index (κ1) is 11.7. The third kappa shape index (κ3) is 3.03. The average Bonchev–Trinajstić information content (AvgIpc) is 2.18. The van der Waals surface area contributed by atoms with Crippen LogP contribution in [0.15, 0.2) is 18.2 Å². The number of rotatable bonds is 3. The van der Waals surface area contributed by atoms with Crippen molar-refractivity contribution in [3.05, 3.63) is 35.1 Å². The van der Waals surface area contributed by atoms with E-state index in [0.717, 1.165) is 12.1 Å². The molecular formula is C10H10FNO2S. The van der Waals surface area contributed by atoms with E-state index in [2.05, 4.69) is 0 Å². The third-order valence-electron chi connectivity index (χ3n) is 2.00. The first-order valence-electron chi connectivity index (χ1n) is 4.37. The number of nitrogens with zero attached hydrogens (tertiary/aromatic N) is 1. The van der Waals surface area contributed by atoms with E-state index in [4.69, 9.17) is 5.26 Å². The molecule has 0 N–H and O–H groups in total. The summed E-state index contributed by atoms with van der Waals surface area (Å²) in [5, 5.41) is 8.71.